The summed E-state index contributed by atoms with van der Waals surface area (Å²) in [7, 11) is 1.59. The fraction of sp³-hybridized carbons (Fsp3) is 0.407. The molecule has 1 N–H and O–H groups in total. The predicted octanol–water partition coefficient (Wildman–Crippen LogP) is 5.39. The number of benzene rings is 2. The Hall–Kier alpha value is -3.20. The van der Waals surface area contributed by atoms with Crippen LogP contribution in [-0.4, -0.2) is 34.2 Å². The van der Waals surface area contributed by atoms with Gasteiger partial charge in [-0.1, -0.05) is 30.3 Å². The average Bonchev–Trinajstić information content (AvgIpc) is 3.18. The highest BCUT2D eigenvalue weighted by molar-refractivity contribution is 5.83. The van der Waals surface area contributed by atoms with E-state index in [-0.39, 0.29) is 23.9 Å². The maximum Gasteiger partial charge on any atom is 0.416 e. The van der Waals surface area contributed by atoms with Gasteiger partial charge in [0.2, 0.25) is 5.91 Å². The summed E-state index contributed by atoms with van der Waals surface area (Å²) in [6.45, 7) is 5.20. The maximum atomic E-state index is 14.1. The quantitative estimate of drug-likeness (QED) is 0.441. The fourth-order valence-electron chi connectivity index (χ4n) is 5.31. The number of amides is 1. The van der Waals surface area contributed by atoms with Crippen molar-refractivity contribution in [2.24, 2.45) is 0 Å². The third-order valence-electron chi connectivity index (χ3n) is 6.86. The van der Waals surface area contributed by atoms with Gasteiger partial charge in [-0.05, 0) is 56.0 Å². The van der Waals surface area contributed by atoms with Crippen LogP contribution in [0.25, 0.3) is 0 Å². The van der Waals surface area contributed by atoms with Crippen molar-refractivity contribution in [3.63, 3.8) is 0 Å². The van der Waals surface area contributed by atoms with Crippen molar-refractivity contribution in [1.82, 2.24) is 20.0 Å². The molecule has 0 spiro atoms. The van der Waals surface area contributed by atoms with Gasteiger partial charge in [-0.15, -0.1) is 0 Å². The summed E-state index contributed by atoms with van der Waals surface area (Å²) in [6.07, 6.45) is -3.31. The molecule has 1 aliphatic rings. The third kappa shape index (κ3) is 5.16. The molecule has 0 fully saturated rings. The van der Waals surface area contributed by atoms with Crippen LogP contribution in [0.15, 0.2) is 48.5 Å². The molecule has 1 aromatic heterocycles. The van der Waals surface area contributed by atoms with Crippen molar-refractivity contribution in [2.45, 2.75) is 57.9 Å². The van der Waals surface area contributed by atoms with E-state index in [1.165, 1.54) is 0 Å². The molecule has 1 amide bonds. The highest BCUT2D eigenvalue weighted by Crippen LogP contribution is 2.41. The third-order valence-corrected chi connectivity index (χ3v) is 6.86. The molecule has 2 unspecified atom stereocenters. The number of carbonyl (C=O) groups excluding carboxylic acids is 1. The number of aromatic nitrogens is 2. The van der Waals surface area contributed by atoms with E-state index in [4.69, 9.17) is 0 Å². The van der Waals surface area contributed by atoms with Crippen molar-refractivity contribution in [1.29, 1.82) is 0 Å². The lowest BCUT2D eigenvalue weighted by molar-refractivity contribution is -0.137. The molecule has 2 heterocycles. The van der Waals surface area contributed by atoms with E-state index in [1.54, 1.807) is 7.05 Å². The van der Waals surface area contributed by atoms with Gasteiger partial charge in [0.25, 0.3) is 0 Å². The Morgan fingerprint density at radius 1 is 1.19 bits per heavy atom. The van der Waals surface area contributed by atoms with Crippen LogP contribution in [0.1, 0.15) is 59.1 Å². The van der Waals surface area contributed by atoms with Gasteiger partial charge in [-0.3, -0.25) is 14.4 Å². The first-order valence-electron chi connectivity index (χ1n) is 12.1. The summed E-state index contributed by atoms with van der Waals surface area (Å²) in [6, 6.07) is 11.2. The number of alkyl halides is 3. The Morgan fingerprint density at radius 2 is 1.92 bits per heavy atom. The van der Waals surface area contributed by atoms with Crippen molar-refractivity contribution in [3.05, 3.63) is 88.0 Å². The highest BCUT2D eigenvalue weighted by atomic mass is 19.4. The van der Waals surface area contributed by atoms with Crippen LogP contribution in [0.5, 0.6) is 0 Å². The van der Waals surface area contributed by atoms with Gasteiger partial charge in [0.1, 0.15) is 11.9 Å². The fourth-order valence-corrected chi connectivity index (χ4v) is 5.31. The second kappa shape index (κ2) is 10.4. The minimum absolute atomic E-state index is 0.166. The van der Waals surface area contributed by atoms with E-state index in [0.29, 0.717) is 32.0 Å². The number of nitrogens with one attached hydrogen (secondary N) is 1. The number of hydrogen-bond acceptors (Lipinski definition) is 3. The lowest BCUT2D eigenvalue weighted by Gasteiger charge is -2.41. The van der Waals surface area contributed by atoms with Crippen LogP contribution in [0.4, 0.5) is 17.6 Å². The first-order chi connectivity index (χ1) is 17.1. The van der Waals surface area contributed by atoms with Gasteiger partial charge in [0.05, 0.1) is 11.3 Å². The Bertz CT molecular complexity index is 1220. The van der Waals surface area contributed by atoms with Crippen molar-refractivity contribution < 1.29 is 22.4 Å². The largest absolute Gasteiger partial charge is 0.416 e. The normalized spacial score (nSPS) is 17.0. The molecule has 1 aliphatic heterocycles. The summed E-state index contributed by atoms with van der Waals surface area (Å²) in [5.41, 5.74) is 3.01. The molecule has 2 atom stereocenters. The lowest BCUT2D eigenvalue weighted by atomic mass is 9.88. The molecule has 0 aliphatic carbocycles. The zero-order chi connectivity index (χ0) is 26.0. The molecule has 0 saturated heterocycles. The molecule has 192 valence electrons. The summed E-state index contributed by atoms with van der Waals surface area (Å²) in [5.74, 6) is -1.08. The molecule has 36 heavy (non-hydrogen) atoms. The van der Waals surface area contributed by atoms with E-state index in [2.05, 4.69) is 15.3 Å². The number of nitrogens with zero attached hydrogens (tertiary/aromatic N) is 3. The van der Waals surface area contributed by atoms with Crippen LogP contribution in [0, 0.1) is 12.7 Å². The van der Waals surface area contributed by atoms with E-state index in [0.717, 1.165) is 34.6 Å². The number of hydrogen-bond donors (Lipinski definition) is 1. The molecular weight excluding hydrogens is 472 g/mol. The number of likely N-dealkylation sites (N-methyl/N-ethyl adjacent to an activating group) is 1. The second-order valence-electron chi connectivity index (χ2n) is 9.08. The Balaban J connectivity index is 1.75. The van der Waals surface area contributed by atoms with Crippen LogP contribution in [0.3, 0.4) is 0 Å². The average molecular weight is 503 g/mol. The van der Waals surface area contributed by atoms with E-state index in [1.807, 2.05) is 48.9 Å². The Kier molecular flexibility index (Phi) is 7.49. The first kappa shape index (κ1) is 25.9. The number of halogens is 4. The zero-order valence-corrected chi connectivity index (χ0v) is 20.6. The van der Waals surface area contributed by atoms with E-state index in [9.17, 15) is 22.4 Å². The Morgan fingerprint density at radius 3 is 2.56 bits per heavy atom. The summed E-state index contributed by atoms with van der Waals surface area (Å²) >= 11 is 0. The Labute approximate surface area is 208 Å². The molecule has 4 rings (SSSR count). The summed E-state index contributed by atoms with van der Waals surface area (Å²) in [4.78, 5) is 15.2. The van der Waals surface area contributed by atoms with Crippen molar-refractivity contribution in [3.8, 4) is 0 Å². The monoisotopic (exact) mass is 502 g/mol. The number of fused-ring (bicyclic) bond motifs is 1. The first-order valence-corrected chi connectivity index (χ1v) is 12.1. The van der Waals surface area contributed by atoms with Gasteiger partial charge in [0, 0.05) is 43.9 Å². The van der Waals surface area contributed by atoms with Gasteiger partial charge >= 0.3 is 6.18 Å². The molecule has 2 aromatic carbocycles. The molecular formula is C27H30F4N4O. The van der Waals surface area contributed by atoms with Crippen molar-refractivity contribution >= 4 is 5.91 Å². The predicted molar refractivity (Wildman–Crippen MR) is 129 cm³/mol. The van der Waals surface area contributed by atoms with E-state index >= 15 is 0 Å². The topological polar surface area (TPSA) is 50.2 Å². The van der Waals surface area contributed by atoms with Crippen LogP contribution in [0.2, 0.25) is 0 Å². The van der Waals surface area contributed by atoms with Crippen LogP contribution >= 0.6 is 0 Å². The van der Waals surface area contributed by atoms with E-state index < -0.39 is 23.6 Å². The number of aryl methyl sites for hydroxylation is 3. The van der Waals surface area contributed by atoms with Gasteiger partial charge in [-0.25, -0.2) is 4.39 Å². The smallest absolute Gasteiger partial charge is 0.358 e. The molecule has 3 aromatic rings. The minimum atomic E-state index is -4.63. The standard InChI is InChI=1S/C27H30F4N4O/c1-4-35-23-12-13-34(25(26(36)32-3)19-8-6-5-7-9-19)22(24(23)17(2)33-35)11-10-18-14-20(27(29,30)31)16-21(28)15-18/h5-9,14-16,22,25H,4,10-13H2,1-3H3,(H,32,36). The highest BCUT2D eigenvalue weighted by Gasteiger charge is 2.39. The lowest BCUT2D eigenvalue weighted by Crippen LogP contribution is -2.45. The summed E-state index contributed by atoms with van der Waals surface area (Å²) < 4.78 is 55.9. The van der Waals surface area contributed by atoms with Gasteiger partial charge in [0.15, 0.2) is 0 Å². The second-order valence-corrected chi connectivity index (χ2v) is 9.08. The van der Waals surface area contributed by atoms with Gasteiger partial charge in [-0.2, -0.15) is 18.3 Å². The number of rotatable bonds is 7. The SMILES string of the molecule is CCn1nc(C)c2c1CCN(C(C(=O)NC)c1ccccc1)C2CCc1cc(F)cc(C(F)(F)F)c1. The van der Waals surface area contributed by atoms with Crippen molar-refractivity contribution in [2.75, 3.05) is 13.6 Å². The van der Waals surface area contributed by atoms with Gasteiger partial charge < -0.3 is 5.32 Å². The van der Waals surface area contributed by atoms with Crippen LogP contribution in [-0.2, 0) is 30.4 Å². The van der Waals surface area contributed by atoms with Crippen LogP contribution < -0.4 is 5.32 Å². The summed E-state index contributed by atoms with van der Waals surface area (Å²) in [5, 5.41) is 7.45. The molecule has 0 saturated carbocycles. The molecule has 0 radical (unpaired) electrons. The maximum absolute atomic E-state index is 14.1. The molecule has 9 heteroatoms. The minimum Gasteiger partial charge on any atom is -0.358 e. The number of carbonyl (C=O) groups is 1. The molecule has 5 nitrogen and oxygen atoms in total. The molecule has 0 bridgehead atoms. The zero-order valence-electron chi connectivity index (χ0n) is 20.6.